The fraction of sp³-hybridized carbons (Fsp3) is 0.556. The molecule has 2 heterocycles. The van der Waals surface area contributed by atoms with E-state index in [2.05, 4.69) is 15.3 Å². The van der Waals surface area contributed by atoms with E-state index in [0.717, 1.165) is 21.5 Å². The van der Waals surface area contributed by atoms with Crippen molar-refractivity contribution < 1.29 is 8.42 Å². The van der Waals surface area contributed by atoms with Crippen LogP contribution in [0.15, 0.2) is 16.1 Å². The third-order valence-electron chi connectivity index (χ3n) is 2.54. The molecule has 0 spiro atoms. The maximum atomic E-state index is 12.0. The molecule has 104 valence electrons. The van der Waals surface area contributed by atoms with Crippen LogP contribution in [-0.2, 0) is 16.6 Å². The molecule has 0 saturated carbocycles. The van der Waals surface area contributed by atoms with Gasteiger partial charge in [0, 0.05) is 20.6 Å². The Morgan fingerprint density at radius 1 is 1.37 bits per heavy atom. The molecule has 2 aromatic heterocycles. The van der Waals surface area contributed by atoms with Gasteiger partial charge in [-0.3, -0.25) is 0 Å². The van der Waals surface area contributed by atoms with Gasteiger partial charge in [-0.05, 0) is 6.42 Å². The van der Waals surface area contributed by atoms with Gasteiger partial charge in [-0.1, -0.05) is 12.1 Å². The molecule has 0 aliphatic rings. The predicted octanol–water partition coefficient (Wildman–Crippen LogP) is -1.05. The number of rotatable bonds is 4. The first-order valence-electron chi connectivity index (χ1n) is 5.63. The Bertz CT molecular complexity index is 760. The Hall–Kier alpha value is -1.81. The van der Waals surface area contributed by atoms with E-state index in [-0.39, 0.29) is 10.7 Å². The molecule has 0 radical (unpaired) electrons. The summed E-state index contributed by atoms with van der Waals surface area (Å²) in [5.74, 6) is 0. The van der Waals surface area contributed by atoms with E-state index in [0.29, 0.717) is 6.54 Å². The standard InChI is InChI=1S/C9H14N6O3S/c1-4-5-15-9(16)14-6-10-8(7(14)11-12-15)19(17,18)13(2)3/h6H,4-5H2,1-3H3. The van der Waals surface area contributed by atoms with E-state index < -0.39 is 15.7 Å². The summed E-state index contributed by atoms with van der Waals surface area (Å²) >= 11 is 0. The Morgan fingerprint density at radius 2 is 2.05 bits per heavy atom. The Morgan fingerprint density at radius 3 is 2.63 bits per heavy atom. The van der Waals surface area contributed by atoms with Crippen LogP contribution in [0.25, 0.3) is 5.65 Å². The van der Waals surface area contributed by atoms with E-state index >= 15 is 0 Å². The Balaban J connectivity index is 2.71. The molecule has 9 nitrogen and oxygen atoms in total. The second-order valence-corrected chi connectivity index (χ2v) is 6.19. The zero-order valence-electron chi connectivity index (χ0n) is 10.8. The molecule has 19 heavy (non-hydrogen) atoms. The Kier molecular flexibility index (Phi) is 3.37. The van der Waals surface area contributed by atoms with Crippen LogP contribution >= 0.6 is 0 Å². The van der Waals surface area contributed by atoms with Crippen molar-refractivity contribution in [2.75, 3.05) is 14.1 Å². The lowest BCUT2D eigenvalue weighted by Crippen LogP contribution is -2.30. The van der Waals surface area contributed by atoms with Crippen molar-refractivity contribution in [1.29, 1.82) is 0 Å². The lowest BCUT2D eigenvalue weighted by molar-refractivity contribution is 0.506. The second-order valence-electron chi connectivity index (χ2n) is 4.13. The van der Waals surface area contributed by atoms with Gasteiger partial charge < -0.3 is 0 Å². The summed E-state index contributed by atoms with van der Waals surface area (Å²) in [4.78, 5) is 15.8. The van der Waals surface area contributed by atoms with E-state index in [1.807, 2.05) is 6.92 Å². The summed E-state index contributed by atoms with van der Waals surface area (Å²) < 4.78 is 27.3. The molecule has 0 amide bonds. The summed E-state index contributed by atoms with van der Waals surface area (Å²) in [6, 6.07) is 0. The molecule has 0 unspecified atom stereocenters. The third-order valence-corrected chi connectivity index (χ3v) is 4.28. The minimum atomic E-state index is -3.75. The van der Waals surface area contributed by atoms with Gasteiger partial charge in [-0.15, -0.1) is 5.10 Å². The highest BCUT2D eigenvalue weighted by molar-refractivity contribution is 7.89. The lowest BCUT2D eigenvalue weighted by Gasteiger charge is -2.08. The Labute approximate surface area is 109 Å². The van der Waals surface area contributed by atoms with Crippen LogP contribution in [-0.4, -0.2) is 51.2 Å². The fourth-order valence-corrected chi connectivity index (χ4v) is 2.42. The van der Waals surface area contributed by atoms with Crippen LogP contribution < -0.4 is 5.69 Å². The van der Waals surface area contributed by atoms with Crippen LogP contribution in [0.3, 0.4) is 0 Å². The minimum Gasteiger partial charge on any atom is -0.245 e. The van der Waals surface area contributed by atoms with Crippen molar-refractivity contribution in [2.24, 2.45) is 0 Å². The van der Waals surface area contributed by atoms with Crippen molar-refractivity contribution >= 4 is 15.7 Å². The van der Waals surface area contributed by atoms with E-state index in [1.165, 1.54) is 18.8 Å². The molecular formula is C9H14N6O3S. The predicted molar refractivity (Wildman–Crippen MR) is 66.2 cm³/mol. The van der Waals surface area contributed by atoms with E-state index in [1.54, 1.807) is 0 Å². The van der Waals surface area contributed by atoms with Gasteiger partial charge in [-0.25, -0.2) is 26.9 Å². The number of hydrogen-bond donors (Lipinski definition) is 0. The summed E-state index contributed by atoms with van der Waals surface area (Å²) in [6.45, 7) is 2.31. The molecule has 0 aromatic carbocycles. The van der Waals surface area contributed by atoms with Crippen molar-refractivity contribution in [2.45, 2.75) is 24.9 Å². The number of aromatic nitrogens is 5. The number of fused-ring (bicyclic) bond motifs is 1. The largest absolute Gasteiger partial charge is 0.352 e. The average molecular weight is 286 g/mol. The highest BCUT2D eigenvalue weighted by Crippen LogP contribution is 2.13. The van der Waals surface area contributed by atoms with Crippen molar-refractivity contribution in [3.8, 4) is 0 Å². The molecular weight excluding hydrogens is 272 g/mol. The number of nitrogens with zero attached hydrogens (tertiary/aromatic N) is 6. The summed E-state index contributed by atoms with van der Waals surface area (Å²) in [7, 11) is -0.989. The maximum Gasteiger partial charge on any atom is 0.352 e. The summed E-state index contributed by atoms with van der Waals surface area (Å²) in [6.07, 6.45) is 1.87. The van der Waals surface area contributed by atoms with Crippen LogP contribution in [0.4, 0.5) is 0 Å². The average Bonchev–Trinajstić information content (AvgIpc) is 2.78. The number of aryl methyl sites for hydroxylation is 1. The van der Waals surface area contributed by atoms with Crippen LogP contribution in [0.2, 0.25) is 0 Å². The van der Waals surface area contributed by atoms with Crippen LogP contribution in [0.5, 0.6) is 0 Å². The van der Waals surface area contributed by atoms with Gasteiger partial charge in [0.2, 0.25) is 10.7 Å². The summed E-state index contributed by atoms with van der Waals surface area (Å²) in [5, 5.41) is 7.22. The van der Waals surface area contributed by atoms with E-state index in [9.17, 15) is 13.2 Å². The molecule has 0 bridgehead atoms. The quantitative estimate of drug-likeness (QED) is 0.710. The zero-order chi connectivity index (χ0) is 14.2. The third kappa shape index (κ3) is 2.12. The van der Waals surface area contributed by atoms with E-state index in [4.69, 9.17) is 0 Å². The highest BCUT2D eigenvalue weighted by atomic mass is 32.2. The number of hydrogen-bond acceptors (Lipinski definition) is 6. The zero-order valence-corrected chi connectivity index (χ0v) is 11.6. The number of sulfonamides is 1. The van der Waals surface area contributed by atoms with Crippen LogP contribution in [0.1, 0.15) is 13.3 Å². The second kappa shape index (κ2) is 4.70. The van der Waals surface area contributed by atoms with Gasteiger partial charge in [0.15, 0.2) is 0 Å². The SMILES string of the molecule is CCCn1nnc2c(S(=O)(=O)N(C)C)ncn2c1=O. The minimum absolute atomic E-state index is 0.0638. The molecule has 0 fully saturated rings. The first-order valence-corrected chi connectivity index (χ1v) is 7.07. The normalized spacial score (nSPS) is 12.4. The van der Waals surface area contributed by atoms with Gasteiger partial charge in [-0.2, -0.15) is 4.68 Å². The van der Waals surface area contributed by atoms with Gasteiger partial charge >= 0.3 is 5.69 Å². The highest BCUT2D eigenvalue weighted by Gasteiger charge is 2.25. The maximum absolute atomic E-state index is 12.0. The van der Waals surface area contributed by atoms with Crippen molar-refractivity contribution in [1.82, 2.24) is 28.7 Å². The number of imidazole rings is 1. The monoisotopic (exact) mass is 286 g/mol. The molecule has 0 aliphatic heterocycles. The molecule has 0 atom stereocenters. The first kappa shape index (κ1) is 13.6. The lowest BCUT2D eigenvalue weighted by atomic mass is 10.5. The van der Waals surface area contributed by atoms with Gasteiger partial charge in [0.25, 0.3) is 10.0 Å². The van der Waals surface area contributed by atoms with Crippen molar-refractivity contribution in [3.63, 3.8) is 0 Å². The molecule has 0 aliphatic carbocycles. The molecule has 0 saturated heterocycles. The fourth-order valence-electron chi connectivity index (χ4n) is 1.52. The molecule has 0 N–H and O–H groups in total. The molecule has 2 rings (SSSR count). The van der Waals surface area contributed by atoms with Gasteiger partial charge in [0.1, 0.15) is 6.33 Å². The topological polar surface area (TPSA) is 102 Å². The summed E-state index contributed by atoms with van der Waals surface area (Å²) in [5.41, 5.74) is -0.523. The van der Waals surface area contributed by atoms with Gasteiger partial charge in [0.05, 0.1) is 0 Å². The van der Waals surface area contributed by atoms with Crippen LogP contribution in [0, 0.1) is 0 Å². The molecule has 10 heteroatoms. The smallest absolute Gasteiger partial charge is 0.245 e. The van der Waals surface area contributed by atoms with Crippen molar-refractivity contribution in [3.05, 3.63) is 16.8 Å². The molecule has 2 aromatic rings. The first-order chi connectivity index (χ1) is 8.89.